The molecule has 90 valence electrons. The summed E-state index contributed by atoms with van der Waals surface area (Å²) in [7, 11) is 0. The Morgan fingerprint density at radius 1 is 1.12 bits per heavy atom. The Hall–Kier alpha value is -1.04. The zero-order valence-electron chi connectivity index (χ0n) is 10.2. The molecule has 0 atom stereocenters. The highest BCUT2D eigenvalue weighted by molar-refractivity contribution is 7.98. The van der Waals surface area contributed by atoms with Crippen molar-refractivity contribution >= 4 is 23.7 Å². The van der Waals surface area contributed by atoms with Gasteiger partial charge in [-0.25, -0.2) is 0 Å². The molecule has 1 aromatic heterocycles. The van der Waals surface area contributed by atoms with E-state index in [-0.39, 0.29) is 0 Å². The van der Waals surface area contributed by atoms with Gasteiger partial charge < -0.3 is 10.6 Å². The van der Waals surface area contributed by atoms with E-state index in [1.165, 1.54) is 11.8 Å². The smallest absolute Gasteiger partial charge is 0.228 e. The molecular formula is C10H19N5S. The lowest BCUT2D eigenvalue weighted by Crippen LogP contribution is -2.13. The van der Waals surface area contributed by atoms with Gasteiger partial charge in [-0.1, -0.05) is 25.6 Å². The van der Waals surface area contributed by atoms with E-state index in [2.05, 4.69) is 39.4 Å². The molecule has 5 nitrogen and oxygen atoms in total. The molecule has 0 saturated carbocycles. The van der Waals surface area contributed by atoms with Gasteiger partial charge in [-0.15, -0.1) is 0 Å². The van der Waals surface area contributed by atoms with E-state index in [0.29, 0.717) is 17.8 Å². The summed E-state index contributed by atoms with van der Waals surface area (Å²) in [5, 5.41) is 7.03. The molecule has 0 aliphatic carbocycles. The Morgan fingerprint density at radius 3 is 2.25 bits per heavy atom. The number of hydrogen-bond donors (Lipinski definition) is 2. The number of nitrogens with one attached hydrogen (secondary N) is 2. The highest BCUT2D eigenvalue weighted by Gasteiger charge is 2.05. The van der Waals surface area contributed by atoms with Gasteiger partial charge in [-0.2, -0.15) is 15.0 Å². The summed E-state index contributed by atoms with van der Waals surface area (Å²) in [5.41, 5.74) is 0. The lowest BCUT2D eigenvalue weighted by Gasteiger charge is -2.09. The fourth-order valence-corrected chi connectivity index (χ4v) is 1.41. The molecule has 0 aromatic carbocycles. The van der Waals surface area contributed by atoms with Crippen molar-refractivity contribution in [2.75, 3.05) is 30.0 Å². The minimum absolute atomic E-state index is 0.567. The quantitative estimate of drug-likeness (QED) is 0.744. The molecule has 1 aromatic rings. The van der Waals surface area contributed by atoms with Crippen LogP contribution in [0.2, 0.25) is 0 Å². The molecule has 0 aliphatic rings. The van der Waals surface area contributed by atoms with Crippen molar-refractivity contribution in [3.8, 4) is 0 Å². The van der Waals surface area contributed by atoms with E-state index in [9.17, 15) is 0 Å². The second-order valence-electron chi connectivity index (χ2n) is 3.77. The van der Waals surface area contributed by atoms with Crippen molar-refractivity contribution in [2.45, 2.75) is 25.9 Å². The fourth-order valence-electron chi connectivity index (χ4n) is 1.06. The van der Waals surface area contributed by atoms with Gasteiger partial charge in [0.25, 0.3) is 0 Å². The van der Waals surface area contributed by atoms with Gasteiger partial charge in [0.05, 0.1) is 0 Å². The number of nitrogens with zero attached hydrogens (tertiary/aromatic N) is 3. The third kappa shape index (κ3) is 4.22. The minimum Gasteiger partial charge on any atom is -0.354 e. The van der Waals surface area contributed by atoms with Crippen molar-refractivity contribution in [3.05, 3.63) is 0 Å². The first kappa shape index (κ1) is 13.0. The van der Waals surface area contributed by atoms with Crippen LogP contribution in [0.5, 0.6) is 0 Å². The maximum Gasteiger partial charge on any atom is 0.228 e. The first-order chi connectivity index (χ1) is 7.65. The van der Waals surface area contributed by atoms with E-state index in [1.54, 1.807) is 0 Å². The molecule has 1 heterocycles. The summed E-state index contributed by atoms with van der Waals surface area (Å²) in [6, 6.07) is 0. The third-order valence-corrected chi connectivity index (χ3v) is 2.35. The Labute approximate surface area is 101 Å². The highest BCUT2D eigenvalue weighted by Crippen LogP contribution is 2.13. The molecule has 0 fully saturated rings. The molecular weight excluding hydrogens is 222 g/mol. The van der Waals surface area contributed by atoms with E-state index in [1.807, 2.05) is 13.2 Å². The number of thioether (sulfide) groups is 1. The van der Waals surface area contributed by atoms with Crippen LogP contribution >= 0.6 is 11.8 Å². The summed E-state index contributed by atoms with van der Waals surface area (Å²) in [6.45, 7) is 7.98. The lowest BCUT2D eigenvalue weighted by atomic mass is 10.2. The van der Waals surface area contributed by atoms with Crippen molar-refractivity contribution in [2.24, 2.45) is 5.92 Å². The molecule has 0 aliphatic heterocycles. The van der Waals surface area contributed by atoms with Gasteiger partial charge in [-0.05, 0) is 19.1 Å². The van der Waals surface area contributed by atoms with Gasteiger partial charge in [-0.3, -0.25) is 0 Å². The molecule has 0 spiro atoms. The maximum absolute atomic E-state index is 4.30. The molecule has 0 radical (unpaired) electrons. The SMILES string of the molecule is CCNc1nc(NCC(C)C)nc(SC)n1. The van der Waals surface area contributed by atoms with Crippen LogP contribution in [0.25, 0.3) is 0 Å². The Kier molecular flexibility index (Phi) is 5.31. The van der Waals surface area contributed by atoms with Gasteiger partial charge in [0.15, 0.2) is 5.16 Å². The Balaban J connectivity index is 2.77. The zero-order valence-corrected chi connectivity index (χ0v) is 11.1. The molecule has 16 heavy (non-hydrogen) atoms. The van der Waals surface area contributed by atoms with Gasteiger partial charge >= 0.3 is 0 Å². The largest absolute Gasteiger partial charge is 0.354 e. The van der Waals surface area contributed by atoms with Crippen molar-refractivity contribution in [1.82, 2.24) is 15.0 Å². The topological polar surface area (TPSA) is 62.7 Å². The summed E-state index contributed by atoms with van der Waals surface area (Å²) in [6.07, 6.45) is 1.96. The van der Waals surface area contributed by atoms with Crippen molar-refractivity contribution in [1.29, 1.82) is 0 Å². The average molecular weight is 241 g/mol. The highest BCUT2D eigenvalue weighted by atomic mass is 32.2. The monoisotopic (exact) mass is 241 g/mol. The van der Waals surface area contributed by atoms with Crippen LogP contribution in [-0.4, -0.2) is 34.3 Å². The van der Waals surface area contributed by atoms with Crippen molar-refractivity contribution in [3.63, 3.8) is 0 Å². The standard InChI is InChI=1S/C10H19N5S/c1-5-11-8-13-9(12-6-7(2)3)15-10(14-8)16-4/h7H,5-6H2,1-4H3,(H2,11,12,13,14,15). The summed E-state index contributed by atoms with van der Waals surface area (Å²) >= 11 is 1.52. The Bertz CT molecular complexity index is 329. The van der Waals surface area contributed by atoms with Crippen LogP contribution in [0, 0.1) is 5.92 Å². The van der Waals surface area contributed by atoms with Crippen LogP contribution in [-0.2, 0) is 0 Å². The van der Waals surface area contributed by atoms with Crippen LogP contribution in [0.4, 0.5) is 11.9 Å². The molecule has 0 saturated heterocycles. The minimum atomic E-state index is 0.567. The summed E-state index contributed by atoms with van der Waals surface area (Å²) < 4.78 is 0. The van der Waals surface area contributed by atoms with Crippen LogP contribution in [0.3, 0.4) is 0 Å². The second kappa shape index (κ2) is 6.52. The molecule has 1 rings (SSSR count). The summed E-state index contributed by atoms with van der Waals surface area (Å²) in [5.74, 6) is 1.84. The van der Waals surface area contributed by atoms with E-state index in [0.717, 1.165) is 18.2 Å². The van der Waals surface area contributed by atoms with E-state index < -0.39 is 0 Å². The van der Waals surface area contributed by atoms with E-state index >= 15 is 0 Å². The van der Waals surface area contributed by atoms with Gasteiger partial charge in [0, 0.05) is 13.1 Å². The zero-order chi connectivity index (χ0) is 12.0. The normalized spacial score (nSPS) is 10.6. The number of aromatic nitrogens is 3. The van der Waals surface area contributed by atoms with Gasteiger partial charge in [0.1, 0.15) is 0 Å². The number of anilines is 2. The molecule has 2 N–H and O–H groups in total. The number of rotatable bonds is 6. The molecule has 6 heteroatoms. The fraction of sp³-hybridized carbons (Fsp3) is 0.700. The first-order valence-corrected chi connectivity index (χ1v) is 6.66. The second-order valence-corrected chi connectivity index (χ2v) is 4.55. The van der Waals surface area contributed by atoms with Crippen LogP contribution in [0.15, 0.2) is 5.16 Å². The van der Waals surface area contributed by atoms with Gasteiger partial charge in [0.2, 0.25) is 11.9 Å². The molecule has 0 bridgehead atoms. The lowest BCUT2D eigenvalue weighted by molar-refractivity contribution is 0.682. The van der Waals surface area contributed by atoms with Crippen molar-refractivity contribution < 1.29 is 0 Å². The predicted molar refractivity (Wildman–Crippen MR) is 69.1 cm³/mol. The maximum atomic E-state index is 4.30. The third-order valence-electron chi connectivity index (χ3n) is 1.80. The van der Waals surface area contributed by atoms with Crippen LogP contribution in [0.1, 0.15) is 20.8 Å². The average Bonchev–Trinajstić information content (AvgIpc) is 2.26. The first-order valence-electron chi connectivity index (χ1n) is 5.43. The molecule has 0 amide bonds. The van der Waals surface area contributed by atoms with E-state index in [4.69, 9.17) is 0 Å². The summed E-state index contributed by atoms with van der Waals surface area (Å²) in [4.78, 5) is 12.8. The predicted octanol–water partition coefficient (Wildman–Crippen LogP) is 2.09. The Morgan fingerprint density at radius 2 is 1.75 bits per heavy atom. The van der Waals surface area contributed by atoms with Crippen LogP contribution < -0.4 is 10.6 Å². The number of hydrogen-bond acceptors (Lipinski definition) is 6. The molecule has 0 unspecified atom stereocenters.